The Morgan fingerprint density at radius 2 is 1.79 bits per heavy atom. The molecule has 1 heterocycles. The van der Waals surface area contributed by atoms with Gasteiger partial charge < -0.3 is 17.0 Å². The fourth-order valence-corrected chi connectivity index (χ4v) is 2.13. The normalized spacial score (nSPS) is 9.74. The molecule has 0 aliphatic heterocycles. The molecule has 1 aromatic heterocycles. The van der Waals surface area contributed by atoms with Crippen LogP contribution < -0.4 is 0 Å². The van der Waals surface area contributed by atoms with E-state index >= 15 is 0 Å². The van der Waals surface area contributed by atoms with Crippen LogP contribution in [0.15, 0.2) is 48.5 Å². The topological polar surface area (TPSA) is 17.8 Å². The van der Waals surface area contributed by atoms with Crippen LogP contribution in [0.25, 0.3) is 11.0 Å². The van der Waals surface area contributed by atoms with Gasteiger partial charge in [-0.15, -0.1) is 6.07 Å². The maximum absolute atomic E-state index is 4.31. The van der Waals surface area contributed by atoms with Gasteiger partial charge in [0.15, 0.2) is 0 Å². The Morgan fingerprint density at radius 3 is 2.53 bits per heavy atom. The van der Waals surface area contributed by atoms with Crippen LogP contribution in [0.3, 0.4) is 0 Å². The van der Waals surface area contributed by atoms with Gasteiger partial charge in [-0.05, 0) is 5.56 Å². The summed E-state index contributed by atoms with van der Waals surface area (Å²) in [4.78, 5) is 4.31. The summed E-state index contributed by atoms with van der Waals surface area (Å²) in [6.07, 6.45) is 3.07. The minimum Gasteiger partial charge on any atom is -0.443 e. The van der Waals surface area contributed by atoms with E-state index in [4.69, 9.17) is 0 Å². The standard InChI is InChI=1S/C15H13N2.CH3.Y/c1-12-6-5-9-14-15(12)17(11-16-14)10-13-7-3-2-4-8-13;;/h2-9H,10H2,1H3;1H3;/q2*-1;. The van der Waals surface area contributed by atoms with E-state index in [0.29, 0.717) is 0 Å². The van der Waals surface area contributed by atoms with Gasteiger partial charge in [-0.3, -0.25) is 0 Å². The van der Waals surface area contributed by atoms with Crippen molar-refractivity contribution in [3.05, 3.63) is 73.4 Å². The fourth-order valence-electron chi connectivity index (χ4n) is 2.13. The van der Waals surface area contributed by atoms with Gasteiger partial charge in [0, 0.05) is 45.6 Å². The van der Waals surface area contributed by atoms with Gasteiger partial charge in [0.05, 0.1) is 0 Å². The van der Waals surface area contributed by atoms with Crippen molar-refractivity contribution in [2.75, 3.05) is 0 Å². The minimum atomic E-state index is 0. The first kappa shape index (κ1) is 16.1. The summed E-state index contributed by atoms with van der Waals surface area (Å²) < 4.78 is 2.08. The number of aromatic nitrogens is 2. The Labute approximate surface area is 139 Å². The largest absolute Gasteiger partial charge is 0.443 e. The Morgan fingerprint density at radius 1 is 1.05 bits per heavy atom. The fraction of sp³-hybridized carbons (Fsp3) is 0.125. The minimum absolute atomic E-state index is 0. The van der Waals surface area contributed by atoms with E-state index < -0.39 is 0 Å². The summed E-state index contributed by atoms with van der Waals surface area (Å²) in [7, 11) is 0. The molecule has 2 aromatic carbocycles. The number of fused-ring (bicyclic) bond motifs is 1. The zero-order valence-corrected chi connectivity index (χ0v) is 14.1. The second-order valence-electron chi connectivity index (χ2n) is 4.23. The second-order valence-corrected chi connectivity index (χ2v) is 4.23. The van der Waals surface area contributed by atoms with Gasteiger partial charge in [0.25, 0.3) is 0 Å². The van der Waals surface area contributed by atoms with E-state index in [9.17, 15) is 0 Å². The molecular weight excluding hydrogens is 309 g/mol. The van der Waals surface area contributed by atoms with Crippen LogP contribution in [-0.4, -0.2) is 9.55 Å². The molecule has 0 fully saturated rings. The van der Waals surface area contributed by atoms with E-state index in [1.165, 1.54) is 16.6 Å². The summed E-state index contributed by atoms with van der Waals surface area (Å²) in [6, 6.07) is 16.6. The monoisotopic (exact) mass is 325 g/mol. The summed E-state index contributed by atoms with van der Waals surface area (Å²) in [5.74, 6) is 0. The van der Waals surface area contributed by atoms with Crippen LogP contribution in [0.5, 0.6) is 0 Å². The van der Waals surface area contributed by atoms with Crippen LogP contribution >= 0.6 is 0 Å². The molecule has 0 saturated carbocycles. The Kier molecular flexibility index (Phi) is 5.90. The molecule has 0 atom stereocenters. The molecule has 3 heteroatoms. The van der Waals surface area contributed by atoms with Crippen LogP contribution in [0.1, 0.15) is 11.1 Å². The predicted octanol–water partition coefficient (Wildman–Crippen LogP) is 3.64. The Bertz CT molecular complexity index is 644. The molecule has 0 saturated heterocycles. The number of hydrogen-bond acceptors (Lipinski definition) is 1. The molecule has 19 heavy (non-hydrogen) atoms. The second kappa shape index (κ2) is 6.97. The molecule has 0 aliphatic rings. The van der Waals surface area contributed by atoms with Crippen LogP contribution in [0.4, 0.5) is 0 Å². The Hall–Kier alpha value is -0.986. The molecule has 0 amide bonds. The smallest absolute Gasteiger partial charge is 0.0251 e. The number of aryl methyl sites for hydroxylation is 1. The van der Waals surface area contributed by atoms with Gasteiger partial charge >= 0.3 is 0 Å². The number of para-hydroxylation sites is 1. The van der Waals surface area contributed by atoms with Crippen molar-refractivity contribution >= 4 is 11.0 Å². The first-order chi connectivity index (χ1) is 8.34. The zero-order valence-electron chi connectivity index (χ0n) is 11.3. The molecule has 0 aliphatic carbocycles. The third-order valence-corrected chi connectivity index (χ3v) is 2.96. The number of imidazole rings is 1. The predicted molar refractivity (Wildman–Crippen MR) is 75.3 cm³/mol. The SMILES string of the molecule is Cc1cccc2n[c-]n(Cc3ccccc3)c12.[CH3-].[Y]. The van der Waals surface area contributed by atoms with Crippen molar-refractivity contribution in [2.24, 2.45) is 0 Å². The van der Waals surface area contributed by atoms with Crippen molar-refractivity contribution in [1.29, 1.82) is 0 Å². The summed E-state index contributed by atoms with van der Waals surface area (Å²) in [5.41, 5.74) is 4.70. The van der Waals surface area contributed by atoms with Gasteiger partial charge in [-0.1, -0.05) is 66.0 Å². The molecular formula is C16H16N2Y-2. The maximum Gasteiger partial charge on any atom is 0.0251 e. The van der Waals surface area contributed by atoms with Gasteiger partial charge in [-0.2, -0.15) is 0 Å². The first-order valence-corrected chi connectivity index (χ1v) is 5.72. The van der Waals surface area contributed by atoms with E-state index in [1.54, 1.807) is 0 Å². The number of benzene rings is 2. The summed E-state index contributed by atoms with van der Waals surface area (Å²) >= 11 is 0. The third kappa shape index (κ3) is 3.31. The number of hydrogen-bond donors (Lipinski definition) is 0. The Balaban J connectivity index is 0.000000902. The molecule has 0 unspecified atom stereocenters. The molecule has 0 N–H and O–H groups in total. The quantitative estimate of drug-likeness (QED) is 0.658. The summed E-state index contributed by atoms with van der Waals surface area (Å²) in [5, 5.41) is 0. The molecule has 95 valence electrons. The average molecular weight is 325 g/mol. The van der Waals surface area contributed by atoms with Crippen molar-refractivity contribution in [2.45, 2.75) is 13.5 Å². The summed E-state index contributed by atoms with van der Waals surface area (Å²) in [6.45, 7) is 2.93. The van der Waals surface area contributed by atoms with E-state index in [1.807, 2.05) is 18.2 Å². The number of nitrogens with zero attached hydrogens (tertiary/aromatic N) is 2. The molecule has 3 rings (SSSR count). The van der Waals surface area contributed by atoms with Crippen molar-refractivity contribution in [3.63, 3.8) is 0 Å². The van der Waals surface area contributed by atoms with Crippen LogP contribution in [-0.2, 0) is 39.3 Å². The van der Waals surface area contributed by atoms with Gasteiger partial charge in [0.2, 0.25) is 0 Å². The van der Waals surface area contributed by atoms with Crippen LogP contribution in [0, 0.1) is 20.7 Å². The van der Waals surface area contributed by atoms with Gasteiger partial charge in [0.1, 0.15) is 0 Å². The molecule has 0 spiro atoms. The molecule has 0 bridgehead atoms. The van der Waals surface area contributed by atoms with E-state index in [2.05, 4.69) is 53.1 Å². The van der Waals surface area contributed by atoms with E-state index in [0.717, 1.165) is 12.1 Å². The van der Waals surface area contributed by atoms with Crippen molar-refractivity contribution in [1.82, 2.24) is 9.55 Å². The zero-order chi connectivity index (χ0) is 11.7. The number of rotatable bonds is 2. The maximum atomic E-state index is 4.31. The van der Waals surface area contributed by atoms with Crippen LogP contribution in [0.2, 0.25) is 0 Å². The van der Waals surface area contributed by atoms with E-state index in [-0.39, 0.29) is 40.1 Å². The molecule has 2 nitrogen and oxygen atoms in total. The van der Waals surface area contributed by atoms with Gasteiger partial charge in [-0.25, -0.2) is 0 Å². The van der Waals surface area contributed by atoms with Crippen molar-refractivity contribution in [3.8, 4) is 0 Å². The molecule has 3 aromatic rings. The van der Waals surface area contributed by atoms with Crippen molar-refractivity contribution < 1.29 is 32.7 Å². The molecule has 1 radical (unpaired) electrons. The first-order valence-electron chi connectivity index (χ1n) is 5.72. The average Bonchev–Trinajstić information content (AvgIpc) is 2.75. The third-order valence-electron chi connectivity index (χ3n) is 2.96.